The number of halogens is 1. The van der Waals surface area contributed by atoms with Gasteiger partial charge in [-0.3, -0.25) is 0 Å². The molecule has 0 bridgehead atoms. The second-order valence-corrected chi connectivity index (χ2v) is 7.69. The Morgan fingerprint density at radius 1 is 0.909 bits per heavy atom. The highest BCUT2D eigenvalue weighted by molar-refractivity contribution is 6.30. The molecule has 0 saturated carbocycles. The Balaban J connectivity index is 1.39. The molecule has 0 fully saturated rings. The van der Waals surface area contributed by atoms with Crippen molar-refractivity contribution in [1.82, 2.24) is 15.5 Å². The van der Waals surface area contributed by atoms with Gasteiger partial charge in [-0.1, -0.05) is 41.9 Å². The van der Waals surface area contributed by atoms with Crippen LogP contribution in [0, 0.1) is 0 Å². The van der Waals surface area contributed by atoms with E-state index in [4.69, 9.17) is 25.5 Å². The average molecular weight is 463 g/mol. The summed E-state index contributed by atoms with van der Waals surface area (Å²) >= 11 is 6.04. The largest absolute Gasteiger partial charge is 0.486 e. The number of hydrogen-bond acceptors (Lipinski definition) is 6. The van der Waals surface area contributed by atoms with E-state index in [0.29, 0.717) is 41.3 Å². The molecule has 1 aromatic heterocycles. The summed E-state index contributed by atoms with van der Waals surface area (Å²) in [6.07, 6.45) is 0. The minimum Gasteiger partial charge on any atom is -0.486 e. The van der Waals surface area contributed by atoms with E-state index in [1.165, 1.54) is 0 Å². The number of nitrogens with zero attached hydrogens (tertiary/aromatic N) is 2. The van der Waals surface area contributed by atoms with Gasteiger partial charge in [0.2, 0.25) is 11.8 Å². The van der Waals surface area contributed by atoms with Gasteiger partial charge in [-0.25, -0.2) is 4.79 Å². The molecule has 0 radical (unpaired) electrons. The number of carbonyl (C=O) groups excluding carboxylic acids is 1. The van der Waals surface area contributed by atoms with Crippen LogP contribution in [0.1, 0.15) is 17.5 Å². The Morgan fingerprint density at radius 2 is 1.67 bits per heavy atom. The summed E-state index contributed by atoms with van der Waals surface area (Å²) in [4.78, 5) is 12.9. The van der Waals surface area contributed by atoms with Crippen LogP contribution in [0.4, 0.5) is 10.5 Å². The molecule has 0 spiro atoms. The number of benzene rings is 3. The zero-order valence-electron chi connectivity index (χ0n) is 17.3. The molecule has 9 heteroatoms. The molecule has 2 N–H and O–H groups in total. The summed E-state index contributed by atoms with van der Waals surface area (Å²) < 4.78 is 17.0. The summed E-state index contributed by atoms with van der Waals surface area (Å²) in [5.74, 6) is 1.83. The molecule has 2 heterocycles. The molecule has 166 valence electrons. The van der Waals surface area contributed by atoms with Gasteiger partial charge in [-0.2, -0.15) is 0 Å². The van der Waals surface area contributed by atoms with Crippen molar-refractivity contribution >= 4 is 23.3 Å². The highest BCUT2D eigenvalue weighted by Crippen LogP contribution is 2.33. The zero-order valence-corrected chi connectivity index (χ0v) is 18.1. The number of carbonyl (C=O) groups is 1. The lowest BCUT2D eigenvalue weighted by Crippen LogP contribution is -2.33. The smallest absolute Gasteiger partial charge is 0.320 e. The first-order chi connectivity index (χ1) is 16.2. The molecule has 5 rings (SSSR count). The van der Waals surface area contributed by atoms with Gasteiger partial charge in [0, 0.05) is 22.3 Å². The van der Waals surface area contributed by atoms with E-state index < -0.39 is 12.1 Å². The fourth-order valence-electron chi connectivity index (χ4n) is 3.41. The molecule has 0 unspecified atom stereocenters. The van der Waals surface area contributed by atoms with E-state index >= 15 is 0 Å². The minimum absolute atomic E-state index is 0.244. The number of anilines is 1. The Hall–Kier alpha value is -4.04. The van der Waals surface area contributed by atoms with E-state index in [1.807, 2.05) is 30.3 Å². The third kappa shape index (κ3) is 4.75. The molecule has 1 aliphatic rings. The molecule has 8 nitrogen and oxygen atoms in total. The fraction of sp³-hybridized carbons (Fsp3) is 0.125. The topological polar surface area (TPSA) is 98.5 Å². The van der Waals surface area contributed by atoms with Crippen molar-refractivity contribution in [2.75, 3.05) is 18.5 Å². The number of aromatic nitrogens is 2. The van der Waals surface area contributed by atoms with Gasteiger partial charge in [-0.05, 0) is 42.0 Å². The number of hydrogen-bond donors (Lipinski definition) is 2. The third-order valence-electron chi connectivity index (χ3n) is 4.99. The number of fused-ring (bicyclic) bond motifs is 1. The van der Waals surface area contributed by atoms with Crippen molar-refractivity contribution in [2.24, 2.45) is 0 Å². The predicted molar refractivity (Wildman–Crippen MR) is 123 cm³/mol. The predicted octanol–water partition coefficient (Wildman–Crippen LogP) is 5.07. The van der Waals surface area contributed by atoms with E-state index in [0.717, 1.165) is 11.1 Å². The number of rotatable bonds is 5. The van der Waals surface area contributed by atoms with Crippen LogP contribution in [-0.4, -0.2) is 29.4 Å². The van der Waals surface area contributed by atoms with Gasteiger partial charge >= 0.3 is 6.03 Å². The number of nitrogens with one attached hydrogen (secondary N) is 2. The first kappa shape index (κ1) is 20.8. The quantitative estimate of drug-likeness (QED) is 0.429. The summed E-state index contributed by atoms with van der Waals surface area (Å²) in [5, 5.41) is 14.6. The molecule has 4 aromatic rings. The molecule has 0 aliphatic carbocycles. The normalized spacial score (nSPS) is 13.2. The molecule has 2 amide bonds. The summed E-state index contributed by atoms with van der Waals surface area (Å²) in [6, 6.07) is 20.5. The van der Waals surface area contributed by atoms with Crippen LogP contribution < -0.4 is 20.1 Å². The van der Waals surface area contributed by atoms with Gasteiger partial charge in [0.05, 0.1) is 0 Å². The molecule has 1 atom stereocenters. The lowest BCUT2D eigenvalue weighted by molar-refractivity contribution is 0.171. The lowest BCUT2D eigenvalue weighted by atomic mass is 10.1. The minimum atomic E-state index is -0.690. The maximum absolute atomic E-state index is 12.9. The monoisotopic (exact) mass is 462 g/mol. The van der Waals surface area contributed by atoms with E-state index in [9.17, 15) is 4.79 Å². The standard InChI is InChI=1S/C24H19ClN4O4/c25-17-8-6-15(7-9-17)21(23-29-28-22(33-23)16-4-2-1-3-5-16)27-24(30)26-18-10-11-19-20(14-18)32-13-12-31-19/h1-11,14,21H,12-13H2,(H2,26,27,30)/t21-/m0/s1. The van der Waals surface area contributed by atoms with Gasteiger partial charge in [-0.15, -0.1) is 10.2 Å². The molecule has 1 aliphatic heterocycles. The Labute approximate surface area is 194 Å². The van der Waals surface area contributed by atoms with E-state index in [1.54, 1.807) is 42.5 Å². The van der Waals surface area contributed by atoms with Gasteiger partial charge in [0.1, 0.15) is 19.3 Å². The fourth-order valence-corrected chi connectivity index (χ4v) is 3.54. The zero-order chi connectivity index (χ0) is 22.6. The van der Waals surface area contributed by atoms with E-state index in [2.05, 4.69) is 20.8 Å². The first-order valence-corrected chi connectivity index (χ1v) is 10.6. The van der Waals surface area contributed by atoms with Crippen molar-refractivity contribution < 1.29 is 18.7 Å². The van der Waals surface area contributed by atoms with Crippen LogP contribution in [0.25, 0.3) is 11.5 Å². The van der Waals surface area contributed by atoms with Crippen molar-refractivity contribution in [1.29, 1.82) is 0 Å². The maximum Gasteiger partial charge on any atom is 0.320 e. The van der Waals surface area contributed by atoms with Gasteiger partial charge in [0.15, 0.2) is 11.5 Å². The van der Waals surface area contributed by atoms with Crippen molar-refractivity contribution in [3.8, 4) is 23.0 Å². The molecule has 3 aromatic carbocycles. The number of ether oxygens (including phenoxy) is 2. The molecular weight excluding hydrogens is 444 g/mol. The highest BCUT2D eigenvalue weighted by atomic mass is 35.5. The Morgan fingerprint density at radius 3 is 2.45 bits per heavy atom. The maximum atomic E-state index is 12.9. The Bertz CT molecular complexity index is 1260. The Kier molecular flexibility index (Phi) is 5.82. The summed E-state index contributed by atoms with van der Waals surface area (Å²) in [5.41, 5.74) is 2.08. The summed E-state index contributed by atoms with van der Waals surface area (Å²) in [6.45, 7) is 0.959. The summed E-state index contributed by atoms with van der Waals surface area (Å²) in [7, 11) is 0. The van der Waals surface area contributed by atoms with Crippen LogP contribution >= 0.6 is 11.6 Å². The van der Waals surface area contributed by atoms with E-state index in [-0.39, 0.29) is 5.89 Å². The van der Waals surface area contributed by atoms with Crippen LogP contribution in [-0.2, 0) is 0 Å². The second-order valence-electron chi connectivity index (χ2n) is 7.25. The van der Waals surface area contributed by atoms with Crippen LogP contribution in [0.5, 0.6) is 11.5 Å². The van der Waals surface area contributed by atoms with Crippen LogP contribution in [0.2, 0.25) is 5.02 Å². The molecule has 33 heavy (non-hydrogen) atoms. The average Bonchev–Trinajstić information content (AvgIpc) is 3.34. The van der Waals surface area contributed by atoms with Crippen LogP contribution in [0.15, 0.2) is 77.2 Å². The SMILES string of the molecule is O=C(Nc1ccc2c(c1)OCCO2)N[C@@H](c1ccc(Cl)cc1)c1nnc(-c2ccccc2)o1. The van der Waals surface area contributed by atoms with Crippen molar-refractivity contribution in [3.63, 3.8) is 0 Å². The molecule has 0 saturated heterocycles. The van der Waals surface area contributed by atoms with Crippen LogP contribution in [0.3, 0.4) is 0 Å². The highest BCUT2D eigenvalue weighted by Gasteiger charge is 2.24. The third-order valence-corrected chi connectivity index (χ3v) is 5.24. The van der Waals surface area contributed by atoms with Crippen molar-refractivity contribution in [2.45, 2.75) is 6.04 Å². The lowest BCUT2D eigenvalue weighted by Gasteiger charge is -2.20. The molecular formula is C24H19ClN4O4. The number of urea groups is 1. The van der Waals surface area contributed by atoms with Gasteiger partial charge < -0.3 is 24.5 Å². The van der Waals surface area contributed by atoms with Gasteiger partial charge in [0.25, 0.3) is 0 Å². The first-order valence-electron chi connectivity index (χ1n) is 10.3. The number of amides is 2. The second kappa shape index (κ2) is 9.22. The van der Waals surface area contributed by atoms with Crippen molar-refractivity contribution in [3.05, 3.63) is 89.3 Å².